The van der Waals surface area contributed by atoms with E-state index in [1.54, 1.807) is 0 Å². The van der Waals surface area contributed by atoms with Crippen LogP contribution >= 0.6 is 11.8 Å². The van der Waals surface area contributed by atoms with Crippen LogP contribution in [0.4, 0.5) is 13.2 Å². The van der Waals surface area contributed by atoms with Gasteiger partial charge >= 0.3 is 18.1 Å². The highest BCUT2D eigenvalue weighted by Gasteiger charge is 2.52. The number of benzene rings is 1. The molecule has 7 nitrogen and oxygen atoms in total. The predicted molar refractivity (Wildman–Crippen MR) is 80.7 cm³/mol. The number of alkyl halides is 3. The number of carboxylic acid groups (broad SMARTS) is 1. The average molecular weight is 381 g/mol. The van der Waals surface area contributed by atoms with Crippen molar-refractivity contribution >= 4 is 23.6 Å². The van der Waals surface area contributed by atoms with Crippen LogP contribution in [0.5, 0.6) is 17.2 Å². The van der Waals surface area contributed by atoms with E-state index >= 15 is 0 Å². The van der Waals surface area contributed by atoms with Crippen molar-refractivity contribution in [2.45, 2.75) is 17.6 Å². The Kier molecular flexibility index (Phi) is 5.26. The summed E-state index contributed by atoms with van der Waals surface area (Å²) in [4.78, 5) is 23.3. The molecular weight excluding hydrogens is 367 g/mol. The first-order valence-corrected chi connectivity index (χ1v) is 7.85. The summed E-state index contributed by atoms with van der Waals surface area (Å²) in [7, 11) is 2.47. The maximum Gasteiger partial charge on any atom is 0.471 e. The fourth-order valence-electron chi connectivity index (χ4n) is 2.40. The predicted octanol–water partition coefficient (Wildman–Crippen LogP) is 2.00. The third kappa shape index (κ3) is 3.55. The van der Waals surface area contributed by atoms with Gasteiger partial charge in [0, 0.05) is 5.75 Å². The smallest absolute Gasteiger partial charge is 0.471 e. The molecule has 11 heteroatoms. The van der Waals surface area contributed by atoms with Gasteiger partial charge in [0.1, 0.15) is 11.4 Å². The lowest BCUT2D eigenvalue weighted by molar-refractivity contribution is -0.189. The molecule has 0 radical (unpaired) electrons. The van der Waals surface area contributed by atoms with Gasteiger partial charge in [-0.25, -0.2) is 4.79 Å². The molecular formula is C14H14F3NO6S. The van der Waals surface area contributed by atoms with Gasteiger partial charge in [0.25, 0.3) is 0 Å². The van der Waals surface area contributed by atoms with E-state index in [0.717, 1.165) is 11.8 Å². The van der Waals surface area contributed by atoms with E-state index in [2.05, 4.69) is 0 Å². The van der Waals surface area contributed by atoms with Crippen molar-refractivity contribution < 1.29 is 42.4 Å². The van der Waals surface area contributed by atoms with Crippen molar-refractivity contribution in [1.82, 2.24) is 4.90 Å². The number of carbonyl (C=O) groups excluding carboxylic acids is 1. The fourth-order valence-corrected chi connectivity index (χ4v) is 3.80. The second-order valence-corrected chi connectivity index (χ2v) is 6.14. The Bertz CT molecular complexity index is 671. The van der Waals surface area contributed by atoms with E-state index in [1.165, 1.54) is 26.4 Å². The highest BCUT2D eigenvalue weighted by Crippen LogP contribution is 2.47. The molecule has 1 fully saturated rings. The zero-order chi connectivity index (χ0) is 18.9. The second kappa shape index (κ2) is 6.90. The first-order valence-electron chi connectivity index (χ1n) is 6.80. The molecule has 0 bridgehead atoms. The molecule has 0 saturated carbocycles. The lowest BCUT2D eigenvalue weighted by atomic mass is 10.1. The average Bonchev–Trinajstić information content (AvgIpc) is 2.98. The van der Waals surface area contributed by atoms with E-state index in [0.29, 0.717) is 0 Å². The van der Waals surface area contributed by atoms with Crippen molar-refractivity contribution in [3.05, 3.63) is 17.7 Å². The number of ether oxygens (including phenoxy) is 2. The van der Waals surface area contributed by atoms with Crippen molar-refractivity contribution in [1.29, 1.82) is 0 Å². The number of rotatable bonds is 4. The van der Waals surface area contributed by atoms with E-state index < -0.39 is 29.5 Å². The third-order valence-corrected chi connectivity index (χ3v) is 4.87. The first-order chi connectivity index (χ1) is 11.6. The van der Waals surface area contributed by atoms with Crippen LogP contribution in [0.2, 0.25) is 0 Å². The van der Waals surface area contributed by atoms with Gasteiger partial charge in [-0.05, 0) is 17.7 Å². The van der Waals surface area contributed by atoms with Gasteiger partial charge in [0.15, 0.2) is 11.5 Å². The SMILES string of the molecule is COc1cc(C2SC[C@@H](C(=O)O)N2C(=O)C(F)(F)F)cc(OC)c1O. The molecule has 1 aromatic carbocycles. The summed E-state index contributed by atoms with van der Waals surface area (Å²) in [5.74, 6) is -4.51. The summed E-state index contributed by atoms with van der Waals surface area (Å²) in [5.41, 5.74) is 0.137. The van der Waals surface area contributed by atoms with Gasteiger partial charge in [-0.3, -0.25) is 4.79 Å². The van der Waals surface area contributed by atoms with E-state index in [9.17, 15) is 27.9 Å². The van der Waals surface area contributed by atoms with Gasteiger partial charge in [-0.1, -0.05) is 0 Å². The highest BCUT2D eigenvalue weighted by molar-refractivity contribution is 7.99. The van der Waals surface area contributed by atoms with Gasteiger partial charge in [-0.15, -0.1) is 11.8 Å². The molecule has 1 saturated heterocycles. The number of aliphatic carboxylic acids is 1. The molecule has 25 heavy (non-hydrogen) atoms. The Morgan fingerprint density at radius 1 is 1.24 bits per heavy atom. The van der Waals surface area contributed by atoms with Crippen molar-refractivity contribution in [2.75, 3.05) is 20.0 Å². The summed E-state index contributed by atoms with van der Waals surface area (Å²) >= 11 is 0.860. The third-order valence-electron chi connectivity index (χ3n) is 3.55. The molecule has 1 aromatic rings. The Morgan fingerprint density at radius 3 is 2.16 bits per heavy atom. The maximum atomic E-state index is 12.9. The standard InChI is InChI=1S/C14H14F3NO6S/c1-23-8-3-6(4-9(24-2)10(8)19)11-18(13(22)14(15,16)17)7(5-25-11)12(20)21/h3-4,7,11,19H,5H2,1-2H3,(H,20,21)/t7-,11?/m0/s1. The molecule has 0 aliphatic carbocycles. The number of thioether (sulfide) groups is 1. The van der Waals surface area contributed by atoms with Crippen LogP contribution in [-0.2, 0) is 9.59 Å². The van der Waals surface area contributed by atoms with Crippen LogP contribution < -0.4 is 9.47 Å². The van der Waals surface area contributed by atoms with Crippen molar-refractivity contribution in [3.63, 3.8) is 0 Å². The minimum Gasteiger partial charge on any atom is -0.502 e. The molecule has 2 rings (SSSR count). The van der Waals surface area contributed by atoms with E-state index in [4.69, 9.17) is 14.6 Å². The lowest BCUT2D eigenvalue weighted by Gasteiger charge is -2.28. The quantitative estimate of drug-likeness (QED) is 0.823. The van der Waals surface area contributed by atoms with Crippen LogP contribution in [0, 0.1) is 0 Å². The van der Waals surface area contributed by atoms with E-state index in [1.807, 2.05) is 0 Å². The van der Waals surface area contributed by atoms with Crippen LogP contribution in [0.25, 0.3) is 0 Å². The summed E-state index contributed by atoms with van der Waals surface area (Å²) in [6.45, 7) is 0. The molecule has 1 aliphatic rings. The Labute approximate surface area is 144 Å². The highest BCUT2D eigenvalue weighted by atomic mass is 32.2. The normalized spacial score (nSPS) is 20.4. The summed E-state index contributed by atoms with van der Waals surface area (Å²) in [5, 5.41) is 17.8. The molecule has 2 atom stereocenters. The van der Waals surface area contributed by atoms with Crippen LogP contribution in [0.1, 0.15) is 10.9 Å². The fraction of sp³-hybridized carbons (Fsp3) is 0.429. The minimum absolute atomic E-state index is 0.0758. The molecule has 2 N–H and O–H groups in total. The van der Waals surface area contributed by atoms with Crippen molar-refractivity contribution in [2.24, 2.45) is 0 Å². The zero-order valence-electron chi connectivity index (χ0n) is 13.0. The van der Waals surface area contributed by atoms with E-state index in [-0.39, 0.29) is 33.5 Å². The largest absolute Gasteiger partial charge is 0.502 e. The number of nitrogens with zero attached hydrogens (tertiary/aromatic N) is 1. The number of phenols is 1. The summed E-state index contributed by atoms with van der Waals surface area (Å²) in [6.07, 6.45) is -5.22. The molecule has 138 valence electrons. The van der Waals surface area contributed by atoms with Gasteiger partial charge < -0.3 is 24.6 Å². The number of aromatic hydroxyl groups is 1. The number of hydrogen-bond donors (Lipinski definition) is 2. The molecule has 0 aromatic heterocycles. The number of methoxy groups -OCH3 is 2. The Morgan fingerprint density at radius 2 is 1.76 bits per heavy atom. The topological polar surface area (TPSA) is 96.3 Å². The molecule has 1 heterocycles. The summed E-state index contributed by atoms with van der Waals surface area (Å²) < 4.78 is 48.6. The lowest BCUT2D eigenvalue weighted by Crippen LogP contribution is -2.48. The monoisotopic (exact) mass is 381 g/mol. The number of carbonyl (C=O) groups is 2. The number of carboxylic acids is 1. The molecule has 1 unspecified atom stereocenters. The zero-order valence-corrected chi connectivity index (χ0v) is 13.8. The second-order valence-electron chi connectivity index (χ2n) is 5.02. The minimum atomic E-state index is -5.22. The number of hydrogen-bond acceptors (Lipinski definition) is 6. The Hall–Kier alpha value is -2.30. The van der Waals surface area contributed by atoms with Crippen LogP contribution in [0.3, 0.4) is 0 Å². The van der Waals surface area contributed by atoms with Gasteiger partial charge in [0.2, 0.25) is 5.75 Å². The molecule has 1 aliphatic heterocycles. The maximum absolute atomic E-state index is 12.9. The molecule has 1 amide bonds. The van der Waals surface area contributed by atoms with Crippen LogP contribution in [-0.4, -0.2) is 59.2 Å². The van der Waals surface area contributed by atoms with Gasteiger partial charge in [-0.2, -0.15) is 13.2 Å². The van der Waals surface area contributed by atoms with Crippen LogP contribution in [0.15, 0.2) is 12.1 Å². The molecule has 0 spiro atoms. The first kappa shape index (κ1) is 19.0. The number of phenolic OH excluding ortho intramolecular Hbond substituents is 1. The van der Waals surface area contributed by atoms with Gasteiger partial charge in [0.05, 0.1) is 14.2 Å². The summed E-state index contributed by atoms with van der Waals surface area (Å²) in [6, 6.07) is 0.835. The number of halogens is 3. The number of amides is 1. The van der Waals surface area contributed by atoms with Crippen molar-refractivity contribution in [3.8, 4) is 17.2 Å². The Balaban J connectivity index is 2.53.